The van der Waals surface area contributed by atoms with Crippen molar-refractivity contribution in [1.29, 1.82) is 0 Å². The zero-order valence-corrected chi connectivity index (χ0v) is 18.9. The fourth-order valence-electron chi connectivity index (χ4n) is 3.77. The summed E-state index contributed by atoms with van der Waals surface area (Å²) < 4.78 is 28.8. The molecule has 1 fully saturated rings. The van der Waals surface area contributed by atoms with Gasteiger partial charge in [0, 0.05) is 34.3 Å². The van der Waals surface area contributed by atoms with E-state index < -0.39 is 6.43 Å². The molecule has 3 nitrogen and oxygen atoms in total. The van der Waals surface area contributed by atoms with Gasteiger partial charge in [-0.3, -0.25) is 0 Å². The number of nitrogens with zero attached hydrogens (tertiary/aromatic N) is 1. The minimum Gasteiger partial charge on any atom is -0.379 e. The van der Waals surface area contributed by atoms with E-state index in [0.29, 0.717) is 16.9 Å². The third-order valence-corrected chi connectivity index (χ3v) is 7.51. The number of hydrogen-bond acceptors (Lipinski definition) is 5. The van der Waals surface area contributed by atoms with Crippen LogP contribution in [0.1, 0.15) is 67.2 Å². The molecule has 0 aliphatic heterocycles. The van der Waals surface area contributed by atoms with E-state index in [4.69, 9.17) is 17.3 Å². The molecule has 29 heavy (non-hydrogen) atoms. The molecule has 0 aromatic carbocycles. The van der Waals surface area contributed by atoms with Gasteiger partial charge in [-0.1, -0.05) is 44.4 Å². The standard InChI is InChI=1S/C19H20ClF2N3S2.C2H6/c20-14-8-13(24-9-10-4-3-7-26-10)18-16(25-14)15(19(21)22)17(27-18)11-5-1-2-6-12(11)23;1-2/h3-4,7-8,11-12,19H,1-2,5-6,9,23H2,(H,24,25);1-2H3. The number of anilines is 1. The molecule has 1 saturated carbocycles. The van der Waals surface area contributed by atoms with Crippen LogP contribution in [0.3, 0.4) is 0 Å². The van der Waals surface area contributed by atoms with Gasteiger partial charge in [0.2, 0.25) is 0 Å². The summed E-state index contributed by atoms with van der Waals surface area (Å²) in [6.45, 7) is 4.62. The van der Waals surface area contributed by atoms with Crippen LogP contribution in [0.25, 0.3) is 10.2 Å². The molecule has 0 saturated heterocycles. The summed E-state index contributed by atoms with van der Waals surface area (Å²) in [6, 6.07) is 5.65. The SMILES string of the molecule is CC.NC1CCCCC1c1sc2c(NCc3cccs3)cc(Cl)nc2c1C(F)F. The lowest BCUT2D eigenvalue weighted by atomic mass is 9.83. The molecule has 1 aliphatic carbocycles. The van der Waals surface area contributed by atoms with Crippen LogP contribution in [0.4, 0.5) is 14.5 Å². The van der Waals surface area contributed by atoms with E-state index >= 15 is 0 Å². The van der Waals surface area contributed by atoms with Crippen molar-refractivity contribution in [1.82, 2.24) is 4.98 Å². The Hall–Kier alpha value is -1.28. The summed E-state index contributed by atoms with van der Waals surface area (Å²) in [5.41, 5.74) is 7.37. The Morgan fingerprint density at radius 2 is 2.07 bits per heavy atom. The van der Waals surface area contributed by atoms with Crippen LogP contribution in [-0.4, -0.2) is 11.0 Å². The number of alkyl halides is 2. The Labute approximate surface area is 183 Å². The van der Waals surface area contributed by atoms with Crippen LogP contribution in [0.15, 0.2) is 23.6 Å². The monoisotopic (exact) mass is 457 g/mol. The van der Waals surface area contributed by atoms with Gasteiger partial charge in [0.15, 0.2) is 0 Å². The maximum absolute atomic E-state index is 14.0. The molecule has 0 amide bonds. The Bertz CT molecular complexity index is 928. The smallest absolute Gasteiger partial charge is 0.267 e. The van der Waals surface area contributed by atoms with Crippen molar-refractivity contribution in [2.75, 3.05) is 5.32 Å². The fourth-order valence-corrected chi connectivity index (χ4v) is 6.06. The molecule has 3 aromatic rings. The summed E-state index contributed by atoms with van der Waals surface area (Å²) in [7, 11) is 0. The first-order valence-electron chi connectivity index (χ1n) is 9.97. The fraction of sp³-hybridized carbons (Fsp3) is 0.476. The van der Waals surface area contributed by atoms with Crippen molar-refractivity contribution in [3.05, 3.63) is 44.1 Å². The lowest BCUT2D eigenvalue weighted by Gasteiger charge is -2.28. The molecular weight excluding hydrogens is 432 g/mol. The van der Waals surface area contributed by atoms with Crippen molar-refractivity contribution in [3.63, 3.8) is 0 Å². The molecule has 4 rings (SSSR count). The highest BCUT2D eigenvalue weighted by atomic mass is 35.5. The molecule has 1 aliphatic rings. The van der Waals surface area contributed by atoms with E-state index in [1.165, 1.54) is 11.3 Å². The van der Waals surface area contributed by atoms with Crippen LogP contribution in [0, 0.1) is 0 Å². The largest absolute Gasteiger partial charge is 0.379 e. The van der Waals surface area contributed by atoms with Crippen LogP contribution in [-0.2, 0) is 6.54 Å². The first kappa shape index (κ1) is 22.4. The second-order valence-corrected chi connectivity index (χ2v) is 9.31. The van der Waals surface area contributed by atoms with Gasteiger partial charge in [0.25, 0.3) is 6.43 Å². The maximum atomic E-state index is 14.0. The second kappa shape index (κ2) is 10.2. The van der Waals surface area contributed by atoms with E-state index in [2.05, 4.69) is 10.3 Å². The lowest BCUT2D eigenvalue weighted by Crippen LogP contribution is -2.31. The summed E-state index contributed by atoms with van der Waals surface area (Å²) in [5, 5.41) is 5.57. The minimum atomic E-state index is -2.60. The van der Waals surface area contributed by atoms with E-state index in [-0.39, 0.29) is 22.7 Å². The molecule has 0 radical (unpaired) electrons. The number of nitrogens with two attached hydrogens (primary N) is 1. The summed E-state index contributed by atoms with van der Waals surface area (Å²) in [6.07, 6.45) is 1.20. The van der Waals surface area contributed by atoms with Crippen LogP contribution in [0.5, 0.6) is 0 Å². The van der Waals surface area contributed by atoms with Crippen LogP contribution in [0.2, 0.25) is 5.15 Å². The van der Waals surface area contributed by atoms with Gasteiger partial charge in [-0.05, 0) is 24.3 Å². The number of nitrogens with one attached hydrogen (secondary N) is 1. The van der Waals surface area contributed by atoms with Gasteiger partial charge in [-0.25, -0.2) is 13.8 Å². The second-order valence-electron chi connectivity index (χ2n) is 6.84. The van der Waals surface area contributed by atoms with Crippen LogP contribution >= 0.6 is 34.3 Å². The highest BCUT2D eigenvalue weighted by Crippen LogP contribution is 2.47. The topological polar surface area (TPSA) is 50.9 Å². The zero-order valence-electron chi connectivity index (χ0n) is 16.6. The number of rotatable bonds is 5. The van der Waals surface area contributed by atoms with Gasteiger partial charge >= 0.3 is 0 Å². The number of halogens is 3. The third-order valence-electron chi connectivity index (χ3n) is 5.08. The predicted octanol–water partition coefficient (Wildman–Crippen LogP) is 7.57. The number of aromatic nitrogens is 1. The molecule has 3 aromatic heterocycles. The molecule has 158 valence electrons. The highest BCUT2D eigenvalue weighted by Gasteiger charge is 2.32. The van der Waals surface area contributed by atoms with Crippen molar-refractivity contribution in [3.8, 4) is 0 Å². The van der Waals surface area contributed by atoms with Crippen molar-refractivity contribution in [2.45, 2.75) is 64.5 Å². The number of thiophene rings is 2. The predicted molar refractivity (Wildman–Crippen MR) is 122 cm³/mol. The average molecular weight is 458 g/mol. The zero-order chi connectivity index (χ0) is 21.0. The normalized spacial score (nSPS) is 19.3. The van der Waals surface area contributed by atoms with Gasteiger partial charge < -0.3 is 11.1 Å². The lowest BCUT2D eigenvalue weighted by molar-refractivity contribution is 0.151. The number of hydrogen-bond donors (Lipinski definition) is 2. The van der Waals surface area contributed by atoms with Crippen molar-refractivity contribution >= 4 is 50.2 Å². The highest BCUT2D eigenvalue weighted by molar-refractivity contribution is 7.20. The molecule has 3 N–H and O–H groups in total. The van der Waals surface area contributed by atoms with E-state index in [0.717, 1.165) is 40.9 Å². The number of fused-ring (bicyclic) bond motifs is 1. The first-order valence-corrected chi connectivity index (χ1v) is 12.0. The minimum absolute atomic E-state index is 0.0130. The quantitative estimate of drug-likeness (QED) is 0.388. The Morgan fingerprint density at radius 1 is 1.31 bits per heavy atom. The summed E-state index contributed by atoms with van der Waals surface area (Å²) in [5.74, 6) is -0.0362. The van der Waals surface area contributed by atoms with Gasteiger partial charge in [-0.15, -0.1) is 22.7 Å². The molecule has 2 unspecified atom stereocenters. The molecule has 3 heterocycles. The van der Waals surface area contributed by atoms with Gasteiger partial charge in [0.1, 0.15) is 5.15 Å². The van der Waals surface area contributed by atoms with Crippen LogP contribution < -0.4 is 11.1 Å². The Kier molecular flexibility index (Phi) is 7.85. The summed E-state index contributed by atoms with van der Waals surface area (Å²) in [4.78, 5) is 6.11. The molecule has 2 atom stereocenters. The Morgan fingerprint density at radius 3 is 2.72 bits per heavy atom. The maximum Gasteiger partial charge on any atom is 0.267 e. The number of pyridine rings is 1. The van der Waals surface area contributed by atoms with E-state index in [9.17, 15) is 8.78 Å². The Balaban J connectivity index is 0.00000117. The molecular formula is C21H26ClF2N3S2. The van der Waals surface area contributed by atoms with E-state index in [1.807, 2.05) is 31.4 Å². The van der Waals surface area contributed by atoms with Gasteiger partial charge in [0.05, 0.1) is 21.5 Å². The van der Waals surface area contributed by atoms with Crippen molar-refractivity contribution < 1.29 is 8.78 Å². The van der Waals surface area contributed by atoms with Crippen molar-refractivity contribution in [2.24, 2.45) is 5.73 Å². The third kappa shape index (κ3) is 4.90. The molecule has 8 heteroatoms. The summed E-state index contributed by atoms with van der Waals surface area (Å²) >= 11 is 9.21. The average Bonchev–Trinajstić information content (AvgIpc) is 3.35. The molecule has 0 spiro atoms. The first-order chi connectivity index (χ1) is 14.0. The van der Waals surface area contributed by atoms with Gasteiger partial charge in [-0.2, -0.15) is 0 Å². The molecule has 0 bridgehead atoms. The van der Waals surface area contributed by atoms with E-state index in [1.54, 1.807) is 17.4 Å².